The second-order valence-corrected chi connectivity index (χ2v) is 14.1. The molecule has 0 saturated carbocycles. The largest absolute Gasteiger partial charge is 0.289 e. The van der Waals surface area contributed by atoms with Crippen LogP contribution in [0.2, 0.25) is 0 Å². The number of rotatable bonds is 2. The average Bonchev–Trinajstić information content (AvgIpc) is 2.89. The fourth-order valence-corrected chi connectivity index (χ4v) is 7.01. The van der Waals surface area contributed by atoms with Crippen LogP contribution in [0.1, 0.15) is 65.7 Å². The Hall–Kier alpha value is -3.89. The quantitative estimate of drug-likeness (QED) is 0.283. The van der Waals surface area contributed by atoms with Crippen LogP contribution < -0.4 is 0 Å². The van der Waals surface area contributed by atoms with Crippen LogP contribution in [0.5, 0.6) is 0 Å². The molecule has 0 spiro atoms. The SMILES string of the molecule is C#CC1=CC2=CC(C(C)(C)C)=CC3=CC(C(=O)c4cccc5ccccc45)=C4C=C(C(C)(C)C)C=C1[C@]4(C)[C@@]23C. The minimum absolute atomic E-state index is 0.0496. The van der Waals surface area contributed by atoms with Crippen LogP contribution in [0.4, 0.5) is 0 Å². The molecule has 0 radical (unpaired) electrons. The van der Waals surface area contributed by atoms with Crippen molar-refractivity contribution in [3.8, 4) is 12.3 Å². The number of terminal acetylenes is 1. The lowest BCUT2D eigenvalue weighted by molar-refractivity contribution is 0.103. The molecule has 0 bridgehead atoms. The monoisotopic (exact) mass is 522 g/mol. The Kier molecular flexibility index (Phi) is 5.47. The Morgan fingerprint density at radius 3 is 2.02 bits per heavy atom. The molecule has 0 saturated heterocycles. The van der Waals surface area contributed by atoms with Crippen LogP contribution in [-0.4, -0.2) is 5.78 Å². The fraction of sp³-hybridized carbons (Fsp3) is 0.308. The Labute approximate surface area is 239 Å². The molecule has 0 amide bonds. The maximum Gasteiger partial charge on any atom is 0.193 e. The summed E-state index contributed by atoms with van der Waals surface area (Å²) in [5.41, 5.74) is 8.44. The minimum atomic E-state index is -0.496. The van der Waals surface area contributed by atoms with E-state index in [1.54, 1.807) is 0 Å². The van der Waals surface area contributed by atoms with E-state index in [1.807, 2.05) is 24.3 Å². The van der Waals surface area contributed by atoms with E-state index in [2.05, 4.69) is 116 Å². The van der Waals surface area contributed by atoms with Gasteiger partial charge in [0.2, 0.25) is 0 Å². The molecule has 6 rings (SSSR count). The van der Waals surface area contributed by atoms with E-state index in [1.165, 1.54) is 22.3 Å². The first-order valence-corrected chi connectivity index (χ1v) is 14.3. The van der Waals surface area contributed by atoms with E-state index in [0.717, 1.165) is 38.6 Å². The molecule has 0 N–H and O–H groups in total. The molecular formula is C39H38O. The number of carbonyl (C=O) groups is 1. The van der Waals surface area contributed by atoms with Gasteiger partial charge in [-0.1, -0.05) is 128 Å². The Bertz CT molecular complexity index is 1780. The summed E-state index contributed by atoms with van der Waals surface area (Å²) >= 11 is 0. The zero-order valence-corrected chi connectivity index (χ0v) is 25.0. The van der Waals surface area contributed by atoms with Crippen molar-refractivity contribution < 1.29 is 4.79 Å². The molecule has 2 atom stereocenters. The third kappa shape index (κ3) is 3.45. The fourth-order valence-electron chi connectivity index (χ4n) is 7.01. The third-order valence-electron chi connectivity index (χ3n) is 9.80. The van der Waals surface area contributed by atoms with Gasteiger partial charge in [0.15, 0.2) is 5.78 Å². The van der Waals surface area contributed by atoms with Crippen LogP contribution in [0.15, 0.2) is 124 Å². The van der Waals surface area contributed by atoms with Gasteiger partial charge in [0, 0.05) is 27.5 Å². The van der Waals surface area contributed by atoms with Gasteiger partial charge in [-0.25, -0.2) is 0 Å². The lowest BCUT2D eigenvalue weighted by atomic mass is 9.43. The lowest BCUT2D eigenvalue weighted by Crippen LogP contribution is -2.50. The predicted molar refractivity (Wildman–Crippen MR) is 168 cm³/mol. The van der Waals surface area contributed by atoms with Crippen molar-refractivity contribution in [1.29, 1.82) is 0 Å². The Morgan fingerprint density at radius 2 is 1.35 bits per heavy atom. The number of benzene rings is 2. The highest BCUT2D eigenvalue weighted by molar-refractivity contribution is 6.18. The normalized spacial score (nSPS) is 25.6. The number of fused-ring (bicyclic) bond motifs is 1. The number of carbonyl (C=O) groups excluding carboxylic acids is 1. The summed E-state index contributed by atoms with van der Waals surface area (Å²) in [6, 6.07) is 14.2. The molecule has 200 valence electrons. The van der Waals surface area contributed by atoms with Crippen molar-refractivity contribution >= 4 is 16.6 Å². The van der Waals surface area contributed by atoms with Gasteiger partial charge in [0.25, 0.3) is 0 Å². The van der Waals surface area contributed by atoms with Gasteiger partial charge in [-0.3, -0.25) is 4.79 Å². The Morgan fingerprint density at radius 1 is 0.725 bits per heavy atom. The number of ketones is 1. The van der Waals surface area contributed by atoms with Crippen molar-refractivity contribution in [3.05, 3.63) is 129 Å². The number of allylic oxidation sites excluding steroid dienone is 14. The van der Waals surface area contributed by atoms with Crippen molar-refractivity contribution in [1.82, 2.24) is 0 Å². The summed E-state index contributed by atoms with van der Waals surface area (Å²) in [5, 5.41) is 2.05. The van der Waals surface area contributed by atoms with E-state index >= 15 is 0 Å². The van der Waals surface area contributed by atoms with Crippen molar-refractivity contribution in [3.63, 3.8) is 0 Å². The van der Waals surface area contributed by atoms with Gasteiger partial charge >= 0.3 is 0 Å². The first-order valence-electron chi connectivity index (χ1n) is 14.3. The molecule has 40 heavy (non-hydrogen) atoms. The standard InChI is InChI=1S/C39H38O/c1-10-24-18-28-19-26(36(2,3)4)20-29-21-32(35(40)31-17-13-15-25-14-11-12-16-30(25)31)34-23-27(37(5,6)7)22-33(24)39(34,9)38(28,29)8/h1,11-23H,2-9H3/t38-,39-/m0/s1. The molecular weight excluding hydrogens is 484 g/mol. The first-order chi connectivity index (χ1) is 18.7. The van der Waals surface area contributed by atoms with Crippen LogP contribution in [0.25, 0.3) is 10.8 Å². The van der Waals surface area contributed by atoms with Crippen LogP contribution in [0, 0.1) is 34.0 Å². The van der Waals surface area contributed by atoms with Crippen molar-refractivity contribution in [2.45, 2.75) is 55.4 Å². The van der Waals surface area contributed by atoms with E-state index in [9.17, 15) is 4.79 Å². The van der Waals surface area contributed by atoms with Crippen LogP contribution in [0.3, 0.4) is 0 Å². The topological polar surface area (TPSA) is 17.1 Å². The molecule has 4 aliphatic carbocycles. The highest BCUT2D eigenvalue weighted by Gasteiger charge is 2.59. The van der Waals surface area contributed by atoms with E-state index < -0.39 is 5.41 Å². The highest BCUT2D eigenvalue weighted by Crippen LogP contribution is 2.68. The predicted octanol–water partition coefficient (Wildman–Crippen LogP) is 9.67. The molecule has 4 aliphatic rings. The molecule has 0 aromatic heterocycles. The smallest absolute Gasteiger partial charge is 0.193 e. The van der Waals surface area contributed by atoms with Gasteiger partial charge in [-0.15, -0.1) is 6.42 Å². The summed E-state index contributed by atoms with van der Waals surface area (Å²) < 4.78 is 0. The molecule has 1 nitrogen and oxygen atoms in total. The van der Waals surface area contributed by atoms with Gasteiger partial charge in [0.05, 0.1) is 0 Å². The molecule has 0 heterocycles. The maximum absolute atomic E-state index is 14.7. The Balaban J connectivity index is 1.74. The summed E-state index contributed by atoms with van der Waals surface area (Å²) in [6.45, 7) is 18.1. The number of hydrogen-bond acceptors (Lipinski definition) is 1. The van der Waals surface area contributed by atoms with E-state index in [4.69, 9.17) is 6.42 Å². The van der Waals surface area contributed by atoms with E-state index in [0.29, 0.717) is 0 Å². The van der Waals surface area contributed by atoms with Gasteiger partial charge in [-0.2, -0.15) is 0 Å². The minimum Gasteiger partial charge on any atom is -0.289 e. The van der Waals surface area contributed by atoms with Crippen molar-refractivity contribution in [2.75, 3.05) is 0 Å². The highest BCUT2D eigenvalue weighted by atomic mass is 16.1. The van der Waals surface area contributed by atoms with E-state index in [-0.39, 0.29) is 22.0 Å². The van der Waals surface area contributed by atoms with Crippen LogP contribution >= 0.6 is 0 Å². The van der Waals surface area contributed by atoms with Crippen molar-refractivity contribution in [2.24, 2.45) is 21.7 Å². The molecule has 0 unspecified atom stereocenters. The van der Waals surface area contributed by atoms with Gasteiger partial charge < -0.3 is 0 Å². The summed E-state index contributed by atoms with van der Waals surface area (Å²) in [6.07, 6.45) is 19.9. The first kappa shape index (κ1) is 26.3. The van der Waals surface area contributed by atoms with Crippen LogP contribution in [-0.2, 0) is 0 Å². The number of Topliss-reactive ketones (excluding diaryl/α,β-unsaturated/α-hetero) is 1. The summed E-state index contributed by atoms with van der Waals surface area (Å²) in [5.74, 6) is 3.10. The summed E-state index contributed by atoms with van der Waals surface area (Å²) in [7, 11) is 0. The summed E-state index contributed by atoms with van der Waals surface area (Å²) in [4.78, 5) is 14.7. The zero-order chi connectivity index (χ0) is 28.8. The second kappa shape index (κ2) is 8.31. The zero-order valence-electron chi connectivity index (χ0n) is 25.0. The lowest BCUT2D eigenvalue weighted by Gasteiger charge is -2.58. The number of hydrogen-bond donors (Lipinski definition) is 0. The van der Waals surface area contributed by atoms with Gasteiger partial charge in [-0.05, 0) is 67.2 Å². The molecule has 0 aliphatic heterocycles. The average molecular weight is 523 g/mol. The molecule has 2 aromatic rings. The molecule has 2 aromatic carbocycles. The molecule has 0 fully saturated rings. The maximum atomic E-state index is 14.7. The third-order valence-corrected chi connectivity index (χ3v) is 9.80. The van der Waals surface area contributed by atoms with Gasteiger partial charge in [0.1, 0.15) is 0 Å². The second-order valence-electron chi connectivity index (χ2n) is 14.1. The molecule has 1 heteroatoms.